The second-order valence-electron chi connectivity index (χ2n) is 6.96. The van der Waals surface area contributed by atoms with Crippen molar-refractivity contribution in [2.24, 2.45) is 23.7 Å². The summed E-state index contributed by atoms with van der Waals surface area (Å²) in [6.45, 7) is 8.11. The molecule has 0 aromatic rings. The molecule has 6 atom stereocenters. The van der Waals surface area contributed by atoms with Crippen molar-refractivity contribution in [1.29, 1.82) is 0 Å². The first-order chi connectivity index (χ1) is 9.60. The Balaban J connectivity index is 1.68. The first-order valence-electron chi connectivity index (χ1n) is 8.36. The average molecular weight is 284 g/mol. The van der Waals surface area contributed by atoms with Crippen LogP contribution >= 0.6 is 0 Å². The van der Waals surface area contributed by atoms with Crippen LogP contribution in [0.3, 0.4) is 0 Å². The Labute approximate surface area is 124 Å². The third kappa shape index (κ3) is 4.44. The molecular weight excluding hydrogens is 252 g/mol. The van der Waals surface area contributed by atoms with Crippen LogP contribution in [0.2, 0.25) is 0 Å². The van der Waals surface area contributed by atoms with Crippen LogP contribution in [0.25, 0.3) is 0 Å². The molecule has 3 nitrogen and oxygen atoms in total. The summed E-state index contributed by atoms with van der Waals surface area (Å²) in [6, 6.07) is 0. The molecule has 0 aromatic heterocycles. The van der Waals surface area contributed by atoms with Gasteiger partial charge < -0.3 is 14.2 Å². The zero-order valence-electron chi connectivity index (χ0n) is 13.6. The van der Waals surface area contributed by atoms with E-state index in [1.807, 2.05) is 6.92 Å². The van der Waals surface area contributed by atoms with Crippen molar-refractivity contribution in [2.75, 3.05) is 20.3 Å². The van der Waals surface area contributed by atoms with Gasteiger partial charge in [-0.05, 0) is 62.7 Å². The van der Waals surface area contributed by atoms with Gasteiger partial charge in [0.2, 0.25) is 0 Å². The second kappa shape index (κ2) is 7.77. The van der Waals surface area contributed by atoms with Crippen LogP contribution in [0.1, 0.15) is 52.9 Å². The molecule has 0 heterocycles. The summed E-state index contributed by atoms with van der Waals surface area (Å²) in [5.74, 6) is 3.66. The van der Waals surface area contributed by atoms with Gasteiger partial charge in [-0.25, -0.2) is 0 Å². The van der Waals surface area contributed by atoms with Gasteiger partial charge in [0.1, 0.15) is 0 Å². The summed E-state index contributed by atoms with van der Waals surface area (Å²) < 4.78 is 16.6. The molecule has 0 saturated heterocycles. The molecule has 2 aliphatic carbocycles. The minimum absolute atomic E-state index is 0.130. The van der Waals surface area contributed by atoms with E-state index >= 15 is 0 Å². The summed E-state index contributed by atoms with van der Waals surface area (Å²) >= 11 is 0. The van der Waals surface area contributed by atoms with Crippen molar-refractivity contribution in [2.45, 2.75) is 65.3 Å². The lowest BCUT2D eigenvalue weighted by atomic mass is 9.63. The Morgan fingerprint density at radius 3 is 2.60 bits per heavy atom. The molecule has 6 unspecified atom stereocenters. The normalized spacial score (nSPS) is 39.3. The van der Waals surface area contributed by atoms with E-state index in [1.54, 1.807) is 7.11 Å². The van der Waals surface area contributed by atoms with Gasteiger partial charge in [0, 0.05) is 7.11 Å². The summed E-state index contributed by atoms with van der Waals surface area (Å²) in [4.78, 5) is 0. The van der Waals surface area contributed by atoms with Gasteiger partial charge in [-0.1, -0.05) is 13.8 Å². The van der Waals surface area contributed by atoms with E-state index in [1.165, 1.54) is 32.1 Å². The summed E-state index contributed by atoms with van der Waals surface area (Å²) in [7, 11) is 1.66. The van der Waals surface area contributed by atoms with Crippen LogP contribution < -0.4 is 0 Å². The summed E-state index contributed by atoms with van der Waals surface area (Å²) in [5.41, 5.74) is 0. The first-order valence-corrected chi connectivity index (χ1v) is 8.36. The minimum atomic E-state index is -0.130. The smallest absolute Gasteiger partial charge is 0.154 e. The highest BCUT2D eigenvalue weighted by Crippen LogP contribution is 2.46. The van der Waals surface area contributed by atoms with E-state index in [0.29, 0.717) is 19.3 Å². The highest BCUT2D eigenvalue weighted by atomic mass is 16.7. The van der Waals surface area contributed by atoms with Gasteiger partial charge in [0.15, 0.2) is 6.29 Å². The van der Waals surface area contributed by atoms with Gasteiger partial charge in [-0.3, -0.25) is 0 Å². The van der Waals surface area contributed by atoms with Gasteiger partial charge in [-0.2, -0.15) is 0 Å². The number of fused-ring (bicyclic) bond motifs is 1. The van der Waals surface area contributed by atoms with Crippen molar-refractivity contribution in [3.63, 3.8) is 0 Å². The van der Waals surface area contributed by atoms with Crippen LogP contribution in [0, 0.1) is 23.7 Å². The van der Waals surface area contributed by atoms with Crippen LogP contribution in [0.15, 0.2) is 0 Å². The average Bonchev–Trinajstić information content (AvgIpc) is 2.42. The fourth-order valence-corrected chi connectivity index (χ4v) is 4.34. The van der Waals surface area contributed by atoms with Gasteiger partial charge >= 0.3 is 0 Å². The molecular formula is C17H32O3. The van der Waals surface area contributed by atoms with E-state index < -0.39 is 0 Å². The Kier molecular flexibility index (Phi) is 6.31. The molecule has 0 aromatic carbocycles. The standard InChI is InChI=1S/C17H32O3/c1-12-9-13(2)17-6-5-16(11-15(17)10-12)20-8-7-19-14(3)18-4/h12-17H,5-11H2,1-4H3. The van der Waals surface area contributed by atoms with Crippen LogP contribution in [0.5, 0.6) is 0 Å². The molecule has 0 spiro atoms. The molecule has 0 N–H and O–H groups in total. The Morgan fingerprint density at radius 1 is 1.05 bits per heavy atom. The molecule has 2 aliphatic rings. The molecule has 0 bridgehead atoms. The molecule has 20 heavy (non-hydrogen) atoms. The number of rotatable bonds is 6. The molecule has 0 radical (unpaired) electrons. The Hall–Kier alpha value is -0.120. The lowest BCUT2D eigenvalue weighted by Crippen LogP contribution is -2.38. The molecule has 2 fully saturated rings. The van der Waals surface area contributed by atoms with E-state index in [-0.39, 0.29) is 6.29 Å². The fourth-order valence-electron chi connectivity index (χ4n) is 4.34. The third-order valence-corrected chi connectivity index (χ3v) is 5.32. The number of hydrogen-bond donors (Lipinski definition) is 0. The highest BCUT2D eigenvalue weighted by molar-refractivity contribution is 4.88. The number of hydrogen-bond acceptors (Lipinski definition) is 3. The van der Waals surface area contributed by atoms with Crippen LogP contribution in [0.4, 0.5) is 0 Å². The van der Waals surface area contributed by atoms with Gasteiger partial charge in [0.25, 0.3) is 0 Å². The second-order valence-corrected chi connectivity index (χ2v) is 6.96. The van der Waals surface area contributed by atoms with Gasteiger partial charge in [-0.15, -0.1) is 0 Å². The molecule has 2 saturated carbocycles. The minimum Gasteiger partial charge on any atom is -0.376 e. The van der Waals surface area contributed by atoms with Gasteiger partial charge in [0.05, 0.1) is 19.3 Å². The molecule has 0 amide bonds. The fraction of sp³-hybridized carbons (Fsp3) is 1.00. The highest BCUT2D eigenvalue weighted by Gasteiger charge is 2.38. The molecule has 3 heteroatoms. The van der Waals surface area contributed by atoms with Crippen molar-refractivity contribution in [1.82, 2.24) is 0 Å². The third-order valence-electron chi connectivity index (χ3n) is 5.32. The maximum atomic E-state index is 6.02. The van der Waals surface area contributed by atoms with Crippen molar-refractivity contribution >= 4 is 0 Å². The SMILES string of the molecule is COC(C)OCCOC1CCC2C(C)CC(C)CC2C1. The quantitative estimate of drug-likeness (QED) is 0.547. The lowest BCUT2D eigenvalue weighted by Gasteiger charge is -2.45. The first kappa shape index (κ1) is 16.3. The Bertz CT molecular complexity index is 281. The Morgan fingerprint density at radius 2 is 1.85 bits per heavy atom. The molecule has 2 rings (SSSR count). The summed E-state index contributed by atoms with van der Waals surface area (Å²) in [6.07, 6.45) is 7.02. The number of ether oxygens (including phenoxy) is 3. The van der Waals surface area contributed by atoms with Crippen LogP contribution in [-0.4, -0.2) is 32.7 Å². The van der Waals surface area contributed by atoms with E-state index in [4.69, 9.17) is 14.2 Å². The summed E-state index contributed by atoms with van der Waals surface area (Å²) in [5, 5.41) is 0. The predicted octanol–water partition coefficient (Wildman–Crippen LogP) is 3.86. The maximum Gasteiger partial charge on any atom is 0.154 e. The largest absolute Gasteiger partial charge is 0.376 e. The van der Waals surface area contributed by atoms with Crippen molar-refractivity contribution < 1.29 is 14.2 Å². The molecule has 0 aliphatic heterocycles. The monoisotopic (exact) mass is 284 g/mol. The van der Waals surface area contributed by atoms with E-state index in [2.05, 4.69) is 13.8 Å². The lowest BCUT2D eigenvalue weighted by molar-refractivity contribution is -0.131. The number of methoxy groups -OCH3 is 1. The van der Waals surface area contributed by atoms with Crippen LogP contribution in [-0.2, 0) is 14.2 Å². The van der Waals surface area contributed by atoms with E-state index in [9.17, 15) is 0 Å². The zero-order valence-corrected chi connectivity index (χ0v) is 13.6. The maximum absolute atomic E-state index is 6.02. The zero-order chi connectivity index (χ0) is 14.5. The van der Waals surface area contributed by atoms with Crippen molar-refractivity contribution in [3.05, 3.63) is 0 Å². The predicted molar refractivity (Wildman–Crippen MR) is 80.6 cm³/mol. The van der Waals surface area contributed by atoms with E-state index in [0.717, 1.165) is 23.7 Å². The molecule has 118 valence electrons. The van der Waals surface area contributed by atoms with Crippen molar-refractivity contribution in [3.8, 4) is 0 Å². The topological polar surface area (TPSA) is 27.7 Å².